The molecule has 2 atom stereocenters. The van der Waals surface area contributed by atoms with E-state index in [9.17, 15) is 4.79 Å². The van der Waals surface area contributed by atoms with Gasteiger partial charge in [-0.25, -0.2) is 4.98 Å². The number of halogens is 1. The predicted molar refractivity (Wildman–Crippen MR) is 138 cm³/mol. The van der Waals surface area contributed by atoms with Gasteiger partial charge in [0.1, 0.15) is 0 Å². The van der Waals surface area contributed by atoms with Crippen LogP contribution in [0.1, 0.15) is 12.5 Å². The molecule has 0 saturated heterocycles. The van der Waals surface area contributed by atoms with Crippen molar-refractivity contribution in [2.24, 2.45) is 5.73 Å². The van der Waals surface area contributed by atoms with Crippen LogP contribution in [0.25, 0.3) is 11.3 Å². The number of hydrogen-bond donors (Lipinski definition) is 3. The van der Waals surface area contributed by atoms with Crippen LogP contribution in [0.4, 0.5) is 5.69 Å². The van der Waals surface area contributed by atoms with Crippen molar-refractivity contribution in [1.29, 1.82) is 0 Å². The number of ether oxygens (including phenoxy) is 1. The first kappa shape index (κ1) is 24.9. The third-order valence-electron chi connectivity index (χ3n) is 5.10. The van der Waals surface area contributed by atoms with E-state index in [4.69, 9.17) is 27.1 Å². The van der Waals surface area contributed by atoms with Crippen molar-refractivity contribution in [1.82, 2.24) is 9.88 Å². The summed E-state index contributed by atoms with van der Waals surface area (Å²) in [6.45, 7) is 2.60. The summed E-state index contributed by atoms with van der Waals surface area (Å²) < 4.78 is 6.07. The maximum Gasteiger partial charge on any atom is 0.263 e. The summed E-state index contributed by atoms with van der Waals surface area (Å²) in [5, 5.41) is 3.88. The normalized spacial score (nSPS) is 12.6. The standard InChI is InChI=1S/C25H29ClN4O2S/c1-17(25(31)30(2)15-19-10-6-7-11-21(19)26)32-24-23(28-14-20(27)16-33)13-12-22(29-24)18-8-4-3-5-9-18/h3-13,17,20,28,33H,14-16,27H2,1-2H3/t17-,20?/m1/s1. The summed E-state index contributed by atoms with van der Waals surface area (Å²) >= 11 is 10.5. The average Bonchev–Trinajstić information content (AvgIpc) is 2.84. The lowest BCUT2D eigenvalue weighted by Crippen LogP contribution is -2.38. The minimum Gasteiger partial charge on any atom is -0.463 e. The van der Waals surface area contributed by atoms with Crippen molar-refractivity contribution in [3.8, 4) is 17.1 Å². The number of benzene rings is 2. The molecule has 3 rings (SSSR count). The summed E-state index contributed by atoms with van der Waals surface area (Å²) in [5.74, 6) is 0.704. The zero-order chi connectivity index (χ0) is 23.8. The van der Waals surface area contributed by atoms with Gasteiger partial charge in [0.15, 0.2) is 6.10 Å². The topological polar surface area (TPSA) is 80.5 Å². The highest BCUT2D eigenvalue weighted by Crippen LogP contribution is 2.28. The maximum atomic E-state index is 13.0. The summed E-state index contributed by atoms with van der Waals surface area (Å²) in [5.41, 5.74) is 9.23. The molecule has 0 saturated carbocycles. The molecular weight excluding hydrogens is 456 g/mol. The number of pyridine rings is 1. The highest BCUT2D eigenvalue weighted by atomic mass is 35.5. The second-order valence-electron chi connectivity index (χ2n) is 7.78. The minimum atomic E-state index is -0.755. The fourth-order valence-corrected chi connectivity index (χ4v) is 3.55. The van der Waals surface area contributed by atoms with Crippen LogP contribution >= 0.6 is 24.2 Å². The van der Waals surface area contributed by atoms with Gasteiger partial charge in [0.05, 0.1) is 11.4 Å². The van der Waals surface area contributed by atoms with Crippen molar-refractivity contribution in [3.05, 3.63) is 77.3 Å². The number of nitrogens with one attached hydrogen (secondary N) is 1. The van der Waals surface area contributed by atoms with Gasteiger partial charge >= 0.3 is 0 Å². The second kappa shape index (κ2) is 11.9. The van der Waals surface area contributed by atoms with Crippen molar-refractivity contribution < 1.29 is 9.53 Å². The quantitative estimate of drug-likeness (QED) is 0.369. The molecule has 0 aliphatic rings. The highest BCUT2D eigenvalue weighted by molar-refractivity contribution is 7.80. The Morgan fingerprint density at radius 1 is 1.15 bits per heavy atom. The van der Waals surface area contributed by atoms with Crippen LogP contribution in [0.3, 0.4) is 0 Å². The van der Waals surface area contributed by atoms with Crippen LogP contribution in [0.15, 0.2) is 66.7 Å². The van der Waals surface area contributed by atoms with Gasteiger partial charge in [-0.15, -0.1) is 0 Å². The van der Waals surface area contributed by atoms with E-state index < -0.39 is 6.10 Å². The smallest absolute Gasteiger partial charge is 0.263 e. The molecule has 1 aromatic heterocycles. The van der Waals surface area contributed by atoms with E-state index in [-0.39, 0.29) is 11.9 Å². The largest absolute Gasteiger partial charge is 0.463 e. The zero-order valence-corrected chi connectivity index (χ0v) is 20.4. The Kier molecular flexibility index (Phi) is 9.00. The Bertz CT molecular complexity index is 1070. The number of amides is 1. The van der Waals surface area contributed by atoms with E-state index >= 15 is 0 Å². The van der Waals surface area contributed by atoms with Gasteiger partial charge in [-0.1, -0.05) is 60.1 Å². The third kappa shape index (κ3) is 6.87. The molecule has 0 fully saturated rings. The number of rotatable bonds is 10. The lowest BCUT2D eigenvalue weighted by atomic mass is 10.1. The molecular formula is C25H29ClN4O2S. The fourth-order valence-electron chi connectivity index (χ4n) is 3.23. The first-order valence-electron chi connectivity index (χ1n) is 10.7. The molecule has 2 aromatic carbocycles. The number of anilines is 1. The van der Waals surface area contributed by atoms with E-state index in [0.29, 0.717) is 35.4 Å². The van der Waals surface area contributed by atoms with Crippen molar-refractivity contribution in [2.45, 2.75) is 25.6 Å². The first-order valence-corrected chi connectivity index (χ1v) is 11.7. The number of nitrogens with zero attached hydrogens (tertiary/aromatic N) is 2. The summed E-state index contributed by atoms with van der Waals surface area (Å²) in [6, 6.07) is 20.9. The van der Waals surface area contributed by atoms with E-state index in [1.807, 2.05) is 66.7 Å². The Balaban J connectivity index is 1.79. The average molecular weight is 485 g/mol. The number of carbonyl (C=O) groups excluding carboxylic acids is 1. The monoisotopic (exact) mass is 484 g/mol. The van der Waals surface area contributed by atoms with Crippen LogP contribution in [-0.2, 0) is 11.3 Å². The van der Waals surface area contributed by atoms with E-state index in [2.05, 4.69) is 17.9 Å². The number of nitrogens with two attached hydrogens (primary N) is 1. The van der Waals surface area contributed by atoms with Crippen LogP contribution in [0, 0.1) is 0 Å². The van der Waals surface area contributed by atoms with E-state index in [1.165, 1.54) is 0 Å². The van der Waals surface area contributed by atoms with E-state index in [1.54, 1.807) is 18.9 Å². The molecule has 174 valence electrons. The van der Waals surface area contributed by atoms with Crippen LogP contribution < -0.4 is 15.8 Å². The molecule has 3 N–H and O–H groups in total. The lowest BCUT2D eigenvalue weighted by Gasteiger charge is -2.23. The number of likely N-dealkylation sites (N-methyl/N-ethyl adjacent to an activating group) is 1. The molecule has 1 unspecified atom stereocenters. The maximum absolute atomic E-state index is 13.0. The van der Waals surface area contributed by atoms with E-state index in [0.717, 1.165) is 16.8 Å². The molecule has 0 bridgehead atoms. The predicted octanol–water partition coefficient (Wildman–Crippen LogP) is 4.50. The van der Waals surface area contributed by atoms with Gasteiger partial charge in [-0.3, -0.25) is 4.79 Å². The molecule has 0 radical (unpaired) electrons. The van der Waals surface area contributed by atoms with Gasteiger partial charge in [0, 0.05) is 42.5 Å². The molecule has 1 amide bonds. The molecule has 0 aliphatic carbocycles. The van der Waals surface area contributed by atoms with Gasteiger partial charge in [-0.05, 0) is 30.7 Å². The van der Waals surface area contributed by atoms with Crippen molar-refractivity contribution >= 4 is 35.8 Å². The Morgan fingerprint density at radius 3 is 2.55 bits per heavy atom. The van der Waals surface area contributed by atoms with Crippen LogP contribution in [0.5, 0.6) is 5.88 Å². The van der Waals surface area contributed by atoms with Gasteiger partial charge in [-0.2, -0.15) is 12.6 Å². The molecule has 1 heterocycles. The second-order valence-corrected chi connectivity index (χ2v) is 8.56. The lowest BCUT2D eigenvalue weighted by molar-refractivity contribution is -0.137. The Morgan fingerprint density at radius 2 is 1.85 bits per heavy atom. The van der Waals surface area contributed by atoms with Crippen LogP contribution in [0.2, 0.25) is 5.02 Å². The number of carbonyl (C=O) groups is 1. The minimum absolute atomic E-state index is 0.129. The molecule has 3 aromatic rings. The first-order chi connectivity index (χ1) is 15.9. The third-order valence-corrected chi connectivity index (χ3v) is 5.93. The summed E-state index contributed by atoms with van der Waals surface area (Å²) in [6.07, 6.45) is -0.755. The SMILES string of the molecule is C[C@@H](Oc1nc(-c2ccccc2)ccc1NCC(N)CS)C(=O)N(C)Cc1ccccc1Cl. The van der Waals surface area contributed by atoms with Crippen molar-refractivity contribution in [3.63, 3.8) is 0 Å². The summed E-state index contributed by atoms with van der Waals surface area (Å²) in [7, 11) is 1.73. The summed E-state index contributed by atoms with van der Waals surface area (Å²) in [4.78, 5) is 19.3. The van der Waals surface area contributed by atoms with Crippen molar-refractivity contribution in [2.75, 3.05) is 24.7 Å². The number of aromatic nitrogens is 1. The molecule has 0 aliphatic heterocycles. The molecule has 8 heteroatoms. The molecule has 0 spiro atoms. The number of thiol groups is 1. The van der Waals surface area contributed by atoms with Gasteiger partial charge < -0.3 is 20.7 Å². The van der Waals surface area contributed by atoms with Gasteiger partial charge in [0.25, 0.3) is 5.91 Å². The molecule has 33 heavy (non-hydrogen) atoms. The number of hydrogen-bond acceptors (Lipinski definition) is 6. The fraction of sp³-hybridized carbons (Fsp3) is 0.280. The highest BCUT2D eigenvalue weighted by Gasteiger charge is 2.22. The zero-order valence-electron chi connectivity index (χ0n) is 18.7. The Labute approximate surface area is 205 Å². The molecule has 6 nitrogen and oxygen atoms in total. The van der Waals surface area contributed by atoms with Gasteiger partial charge in [0.2, 0.25) is 5.88 Å². The van der Waals surface area contributed by atoms with Crippen LogP contribution in [-0.4, -0.2) is 47.3 Å². The Hall–Kier alpha value is -2.74.